The molecule has 4 heteroatoms. The molecule has 1 saturated heterocycles. The lowest BCUT2D eigenvalue weighted by molar-refractivity contribution is -0.102. The van der Waals surface area contributed by atoms with Crippen molar-refractivity contribution >= 4 is 0 Å². The Bertz CT molecular complexity index is 366. The van der Waals surface area contributed by atoms with Crippen molar-refractivity contribution in [1.82, 2.24) is 10.2 Å². The lowest BCUT2D eigenvalue weighted by atomic mass is 9.87. The van der Waals surface area contributed by atoms with Gasteiger partial charge in [0.25, 0.3) is 0 Å². The van der Waals surface area contributed by atoms with Gasteiger partial charge in [-0.1, -0.05) is 19.8 Å². The van der Waals surface area contributed by atoms with Gasteiger partial charge >= 0.3 is 0 Å². The van der Waals surface area contributed by atoms with Gasteiger partial charge in [0.2, 0.25) is 0 Å². The number of rotatable bonds is 6. The summed E-state index contributed by atoms with van der Waals surface area (Å²) < 4.78 is 5.96. The number of ether oxygens (including phenoxy) is 1. The predicted molar refractivity (Wildman–Crippen MR) is 85.1 cm³/mol. The van der Waals surface area contributed by atoms with E-state index in [1.165, 1.54) is 25.7 Å². The highest BCUT2D eigenvalue weighted by atomic mass is 16.5. The van der Waals surface area contributed by atoms with Crippen LogP contribution in [-0.4, -0.2) is 48.3 Å². The molecule has 1 aliphatic carbocycles. The van der Waals surface area contributed by atoms with Crippen molar-refractivity contribution in [2.45, 2.75) is 83.0 Å². The fraction of sp³-hybridized carbons (Fsp3) is 0.941. The number of nitriles is 1. The number of morpholine rings is 1. The Hall–Kier alpha value is -0.630. The zero-order chi connectivity index (χ0) is 15.3. The standard InChI is InChI=1S/C17H31N3O/c1-4-9-19-17(3,13-18)12-14(2)20-10-11-21-16-8-6-5-7-15(16)20/h14-16,19H,4-12H2,1-3H3. The molecule has 0 aromatic heterocycles. The van der Waals surface area contributed by atoms with Crippen LogP contribution in [-0.2, 0) is 4.74 Å². The van der Waals surface area contributed by atoms with Gasteiger partial charge in [-0.25, -0.2) is 0 Å². The summed E-state index contributed by atoms with van der Waals surface area (Å²) >= 11 is 0. The first kappa shape index (κ1) is 16.7. The molecule has 0 amide bonds. The summed E-state index contributed by atoms with van der Waals surface area (Å²) in [6.45, 7) is 9.22. The molecule has 4 nitrogen and oxygen atoms in total. The molecule has 4 atom stereocenters. The maximum absolute atomic E-state index is 9.54. The molecule has 1 saturated carbocycles. The Morgan fingerprint density at radius 2 is 2.19 bits per heavy atom. The average Bonchev–Trinajstić information content (AvgIpc) is 2.52. The molecular formula is C17H31N3O. The second kappa shape index (κ2) is 7.58. The Labute approximate surface area is 129 Å². The maximum Gasteiger partial charge on any atom is 0.105 e. The summed E-state index contributed by atoms with van der Waals surface area (Å²) in [7, 11) is 0. The average molecular weight is 293 g/mol. The summed E-state index contributed by atoms with van der Waals surface area (Å²) in [4.78, 5) is 2.61. The zero-order valence-corrected chi connectivity index (χ0v) is 13.9. The van der Waals surface area contributed by atoms with Crippen LogP contribution in [0.3, 0.4) is 0 Å². The van der Waals surface area contributed by atoms with Crippen LogP contribution in [0.15, 0.2) is 0 Å². The van der Waals surface area contributed by atoms with Crippen LogP contribution in [0.5, 0.6) is 0 Å². The van der Waals surface area contributed by atoms with Crippen molar-refractivity contribution in [2.24, 2.45) is 0 Å². The lowest BCUT2D eigenvalue weighted by Crippen LogP contribution is -2.57. The van der Waals surface area contributed by atoms with Gasteiger partial charge in [-0.05, 0) is 46.1 Å². The summed E-state index contributed by atoms with van der Waals surface area (Å²) in [5, 5.41) is 13.0. The van der Waals surface area contributed by atoms with Gasteiger partial charge in [0.1, 0.15) is 5.54 Å². The van der Waals surface area contributed by atoms with Crippen LogP contribution in [0.2, 0.25) is 0 Å². The molecule has 1 N–H and O–H groups in total. The Morgan fingerprint density at radius 1 is 1.43 bits per heavy atom. The van der Waals surface area contributed by atoms with E-state index in [1.54, 1.807) is 0 Å². The number of hydrogen-bond acceptors (Lipinski definition) is 4. The first-order valence-electron chi connectivity index (χ1n) is 8.63. The second-order valence-electron chi connectivity index (χ2n) is 6.92. The smallest absolute Gasteiger partial charge is 0.105 e. The lowest BCUT2D eigenvalue weighted by Gasteiger charge is -2.47. The minimum atomic E-state index is -0.419. The third kappa shape index (κ3) is 4.18. The van der Waals surface area contributed by atoms with Gasteiger partial charge < -0.3 is 4.74 Å². The van der Waals surface area contributed by atoms with E-state index in [1.807, 2.05) is 6.92 Å². The largest absolute Gasteiger partial charge is 0.375 e. The highest BCUT2D eigenvalue weighted by Crippen LogP contribution is 2.31. The fourth-order valence-electron chi connectivity index (χ4n) is 3.94. The molecule has 1 aliphatic heterocycles. The molecule has 0 aromatic carbocycles. The van der Waals surface area contributed by atoms with Crippen molar-refractivity contribution in [3.63, 3.8) is 0 Å². The van der Waals surface area contributed by atoms with E-state index < -0.39 is 5.54 Å². The van der Waals surface area contributed by atoms with E-state index in [0.29, 0.717) is 18.2 Å². The molecule has 2 rings (SSSR count). The van der Waals surface area contributed by atoms with Crippen molar-refractivity contribution in [2.75, 3.05) is 19.7 Å². The van der Waals surface area contributed by atoms with Gasteiger partial charge in [0.15, 0.2) is 0 Å². The molecule has 2 aliphatic rings. The number of nitrogens with one attached hydrogen (secondary N) is 1. The number of nitrogens with zero attached hydrogens (tertiary/aromatic N) is 2. The van der Waals surface area contributed by atoms with Gasteiger partial charge in [-0.3, -0.25) is 10.2 Å². The normalized spacial score (nSPS) is 31.0. The quantitative estimate of drug-likeness (QED) is 0.818. The van der Waals surface area contributed by atoms with Crippen molar-refractivity contribution < 1.29 is 4.74 Å². The van der Waals surface area contributed by atoms with Gasteiger partial charge in [-0.2, -0.15) is 5.26 Å². The topological polar surface area (TPSA) is 48.3 Å². The summed E-state index contributed by atoms with van der Waals surface area (Å²) in [5.41, 5.74) is -0.419. The van der Waals surface area contributed by atoms with E-state index in [0.717, 1.165) is 32.5 Å². The molecule has 2 fully saturated rings. The van der Waals surface area contributed by atoms with Crippen LogP contribution < -0.4 is 5.32 Å². The van der Waals surface area contributed by atoms with E-state index in [2.05, 4.69) is 30.1 Å². The number of hydrogen-bond donors (Lipinski definition) is 1. The minimum absolute atomic E-state index is 0.419. The molecular weight excluding hydrogens is 262 g/mol. The predicted octanol–water partition coefficient (Wildman–Crippen LogP) is 2.69. The first-order chi connectivity index (χ1) is 10.1. The molecule has 4 unspecified atom stereocenters. The summed E-state index contributed by atoms with van der Waals surface area (Å²) in [5.74, 6) is 0. The molecule has 120 valence electrons. The highest BCUT2D eigenvalue weighted by Gasteiger charge is 2.38. The first-order valence-corrected chi connectivity index (χ1v) is 8.63. The van der Waals surface area contributed by atoms with Crippen molar-refractivity contribution in [3.8, 4) is 6.07 Å². The van der Waals surface area contributed by atoms with Crippen LogP contribution >= 0.6 is 0 Å². The summed E-state index contributed by atoms with van der Waals surface area (Å²) in [6, 6.07) is 3.48. The van der Waals surface area contributed by atoms with E-state index >= 15 is 0 Å². The van der Waals surface area contributed by atoms with Crippen molar-refractivity contribution in [3.05, 3.63) is 0 Å². The monoisotopic (exact) mass is 293 g/mol. The Kier molecular flexibility index (Phi) is 6.04. The third-order valence-electron chi connectivity index (χ3n) is 5.06. The zero-order valence-electron chi connectivity index (χ0n) is 13.9. The van der Waals surface area contributed by atoms with E-state index in [-0.39, 0.29) is 0 Å². The Morgan fingerprint density at radius 3 is 2.90 bits per heavy atom. The maximum atomic E-state index is 9.54. The van der Waals surface area contributed by atoms with Crippen molar-refractivity contribution in [1.29, 1.82) is 5.26 Å². The van der Waals surface area contributed by atoms with Crippen LogP contribution in [0, 0.1) is 11.3 Å². The molecule has 0 aromatic rings. The van der Waals surface area contributed by atoms with Crippen LogP contribution in [0.4, 0.5) is 0 Å². The SMILES string of the molecule is CCCNC(C)(C#N)CC(C)N1CCOC2CCCCC21. The molecule has 0 bridgehead atoms. The van der Waals surface area contributed by atoms with Gasteiger partial charge in [0.05, 0.1) is 18.8 Å². The van der Waals surface area contributed by atoms with E-state index in [9.17, 15) is 5.26 Å². The molecule has 21 heavy (non-hydrogen) atoms. The minimum Gasteiger partial charge on any atom is -0.375 e. The van der Waals surface area contributed by atoms with Gasteiger partial charge in [0, 0.05) is 18.6 Å². The Balaban J connectivity index is 1.97. The third-order valence-corrected chi connectivity index (χ3v) is 5.06. The van der Waals surface area contributed by atoms with E-state index in [4.69, 9.17) is 4.74 Å². The highest BCUT2D eigenvalue weighted by molar-refractivity contribution is 5.06. The molecule has 0 radical (unpaired) electrons. The summed E-state index contributed by atoms with van der Waals surface area (Å²) in [6.07, 6.45) is 7.44. The molecule has 1 heterocycles. The molecule has 0 spiro atoms. The number of fused-ring (bicyclic) bond motifs is 1. The van der Waals surface area contributed by atoms with Crippen LogP contribution in [0.1, 0.15) is 59.3 Å². The second-order valence-corrected chi connectivity index (χ2v) is 6.92. The van der Waals surface area contributed by atoms with Crippen LogP contribution in [0.25, 0.3) is 0 Å². The fourth-order valence-corrected chi connectivity index (χ4v) is 3.94. The van der Waals surface area contributed by atoms with Gasteiger partial charge in [-0.15, -0.1) is 0 Å².